The minimum absolute atomic E-state index is 0.143. The van der Waals surface area contributed by atoms with Crippen LogP contribution in [0.5, 0.6) is 0 Å². The van der Waals surface area contributed by atoms with Crippen LogP contribution in [-0.4, -0.2) is 49.2 Å². The molecule has 21 heavy (non-hydrogen) atoms. The topological polar surface area (TPSA) is 125 Å². The molecule has 0 aromatic carbocycles. The third-order valence-electron chi connectivity index (χ3n) is 2.80. The monoisotopic (exact) mass is 292 g/mol. The third-order valence-corrected chi connectivity index (χ3v) is 2.80. The van der Waals surface area contributed by atoms with Crippen LogP contribution in [0.25, 0.3) is 0 Å². The largest absolute Gasteiger partial charge is 0.480 e. The molecule has 0 spiro atoms. The molecule has 0 aliphatic heterocycles. The van der Waals surface area contributed by atoms with E-state index in [-0.39, 0.29) is 6.42 Å². The van der Waals surface area contributed by atoms with E-state index in [1.807, 2.05) is 0 Å². The second kappa shape index (κ2) is 7.08. The highest BCUT2D eigenvalue weighted by molar-refractivity contribution is 5.82. The number of aromatic nitrogens is 4. The number of rotatable bonds is 7. The number of nitrogens with one attached hydrogen (secondary N) is 3. The fraction of sp³-hybridized carbons (Fsp3) is 0.333. The van der Waals surface area contributed by atoms with Crippen molar-refractivity contribution < 1.29 is 14.7 Å². The minimum atomic E-state index is -1.10. The fourth-order valence-electron chi connectivity index (χ4n) is 1.74. The van der Waals surface area contributed by atoms with Gasteiger partial charge >= 0.3 is 12.0 Å². The van der Waals surface area contributed by atoms with Crippen LogP contribution in [0, 0.1) is 0 Å². The van der Waals surface area contributed by atoms with Gasteiger partial charge in [-0.3, -0.25) is 0 Å². The smallest absolute Gasteiger partial charge is 0.326 e. The van der Waals surface area contributed by atoms with Crippen LogP contribution in [-0.2, 0) is 17.8 Å². The van der Waals surface area contributed by atoms with Gasteiger partial charge in [0.1, 0.15) is 6.04 Å². The van der Waals surface area contributed by atoms with Crippen LogP contribution >= 0.6 is 0 Å². The Morgan fingerprint density at radius 1 is 1.43 bits per heavy atom. The Bertz CT molecular complexity index is 566. The van der Waals surface area contributed by atoms with E-state index >= 15 is 0 Å². The molecule has 0 aliphatic rings. The summed E-state index contributed by atoms with van der Waals surface area (Å²) in [5.41, 5.74) is 0.640. The number of carbonyl (C=O) groups is 2. The molecule has 0 aliphatic carbocycles. The lowest BCUT2D eigenvalue weighted by Crippen LogP contribution is -2.47. The molecule has 0 fully saturated rings. The average Bonchev–Trinajstić information content (AvgIpc) is 3.10. The number of imidazole rings is 2. The molecule has 9 nitrogen and oxygen atoms in total. The number of hydrogen-bond donors (Lipinski definition) is 4. The predicted octanol–water partition coefficient (Wildman–Crippen LogP) is -0.399. The maximum absolute atomic E-state index is 11.7. The van der Waals surface area contributed by atoms with Gasteiger partial charge in [-0.1, -0.05) is 0 Å². The Morgan fingerprint density at radius 2 is 2.29 bits per heavy atom. The van der Waals surface area contributed by atoms with Gasteiger partial charge in [-0.05, 0) is 0 Å². The summed E-state index contributed by atoms with van der Waals surface area (Å²) >= 11 is 0. The maximum atomic E-state index is 11.7. The van der Waals surface area contributed by atoms with Gasteiger partial charge in [-0.15, -0.1) is 0 Å². The Hall–Kier alpha value is -2.84. The molecule has 2 rings (SSSR count). The summed E-state index contributed by atoms with van der Waals surface area (Å²) in [7, 11) is 0. The quantitative estimate of drug-likeness (QED) is 0.552. The minimum Gasteiger partial charge on any atom is -0.480 e. The molecule has 2 aromatic heterocycles. The van der Waals surface area contributed by atoms with Gasteiger partial charge in [0, 0.05) is 43.8 Å². The molecular weight excluding hydrogens is 276 g/mol. The van der Waals surface area contributed by atoms with Crippen molar-refractivity contribution in [1.82, 2.24) is 30.2 Å². The van der Waals surface area contributed by atoms with Crippen LogP contribution in [0.15, 0.2) is 31.2 Å². The van der Waals surface area contributed by atoms with E-state index in [0.717, 1.165) is 0 Å². The molecule has 1 atom stereocenters. The third kappa shape index (κ3) is 4.64. The molecule has 2 amide bonds. The zero-order valence-electron chi connectivity index (χ0n) is 11.2. The summed E-state index contributed by atoms with van der Waals surface area (Å²) in [6.45, 7) is 0.935. The number of hydrogen-bond acceptors (Lipinski definition) is 4. The Balaban J connectivity index is 1.76. The van der Waals surface area contributed by atoms with Gasteiger partial charge in [0.05, 0.1) is 12.7 Å². The van der Waals surface area contributed by atoms with Crippen molar-refractivity contribution in [3.05, 3.63) is 36.9 Å². The summed E-state index contributed by atoms with van der Waals surface area (Å²) in [6, 6.07) is -1.54. The first-order chi connectivity index (χ1) is 10.1. The number of aromatic amines is 1. The average molecular weight is 292 g/mol. The van der Waals surface area contributed by atoms with Crippen molar-refractivity contribution in [2.75, 3.05) is 6.54 Å². The SMILES string of the molecule is O=C(NCCn1ccnc1)N[C@H](Cc1cnc[nH]1)C(=O)O. The number of nitrogens with zero attached hydrogens (tertiary/aromatic N) is 3. The standard InChI is InChI=1S/C12H16N6O3/c19-11(20)10(5-9-6-14-7-16-9)17-12(21)15-2-4-18-3-1-13-8-18/h1,3,6-8,10H,2,4-5H2,(H,14,16)(H,19,20)(H2,15,17,21)/t10-/m1/s1. The van der Waals surface area contributed by atoms with Crippen molar-refractivity contribution in [3.63, 3.8) is 0 Å². The zero-order valence-corrected chi connectivity index (χ0v) is 11.2. The number of carboxylic acid groups (broad SMARTS) is 1. The van der Waals surface area contributed by atoms with Gasteiger partial charge in [-0.2, -0.15) is 0 Å². The van der Waals surface area contributed by atoms with Gasteiger partial charge in [0.15, 0.2) is 0 Å². The molecule has 0 radical (unpaired) electrons. The molecule has 0 saturated carbocycles. The number of amides is 2. The highest BCUT2D eigenvalue weighted by atomic mass is 16.4. The summed E-state index contributed by atoms with van der Waals surface area (Å²) in [5.74, 6) is -1.10. The van der Waals surface area contributed by atoms with E-state index < -0.39 is 18.0 Å². The number of H-pyrrole nitrogens is 1. The Labute approximate surface area is 120 Å². The van der Waals surface area contributed by atoms with Gasteiger partial charge in [0.25, 0.3) is 0 Å². The van der Waals surface area contributed by atoms with Crippen LogP contribution in [0.1, 0.15) is 5.69 Å². The lowest BCUT2D eigenvalue weighted by Gasteiger charge is -2.14. The molecule has 0 saturated heterocycles. The van der Waals surface area contributed by atoms with E-state index in [0.29, 0.717) is 18.8 Å². The maximum Gasteiger partial charge on any atom is 0.326 e. The van der Waals surface area contributed by atoms with Crippen molar-refractivity contribution >= 4 is 12.0 Å². The van der Waals surface area contributed by atoms with Gasteiger partial charge in [0.2, 0.25) is 0 Å². The molecule has 0 bridgehead atoms. The Kier molecular flexibility index (Phi) is 4.91. The highest BCUT2D eigenvalue weighted by Crippen LogP contribution is 1.98. The molecule has 4 N–H and O–H groups in total. The Morgan fingerprint density at radius 3 is 2.90 bits per heavy atom. The second-order valence-corrected chi connectivity index (χ2v) is 4.37. The normalized spacial score (nSPS) is 11.8. The molecular formula is C12H16N6O3. The first-order valence-electron chi connectivity index (χ1n) is 6.35. The number of carboxylic acids is 1. The zero-order chi connectivity index (χ0) is 15.1. The van der Waals surface area contributed by atoms with Crippen LogP contribution in [0.2, 0.25) is 0 Å². The molecule has 112 valence electrons. The lowest BCUT2D eigenvalue weighted by molar-refractivity contribution is -0.139. The van der Waals surface area contributed by atoms with E-state index in [1.54, 1.807) is 23.3 Å². The van der Waals surface area contributed by atoms with Gasteiger partial charge < -0.3 is 25.3 Å². The molecule has 2 heterocycles. The summed E-state index contributed by atoms with van der Waals surface area (Å²) in [6.07, 6.45) is 8.18. The highest BCUT2D eigenvalue weighted by Gasteiger charge is 2.20. The molecule has 9 heteroatoms. The van der Waals surface area contributed by atoms with E-state index in [9.17, 15) is 9.59 Å². The summed E-state index contributed by atoms with van der Waals surface area (Å²) in [5, 5.41) is 14.1. The van der Waals surface area contributed by atoms with E-state index in [2.05, 4.69) is 25.6 Å². The van der Waals surface area contributed by atoms with Gasteiger partial charge in [-0.25, -0.2) is 19.6 Å². The lowest BCUT2D eigenvalue weighted by atomic mass is 10.2. The second-order valence-electron chi connectivity index (χ2n) is 4.37. The van der Waals surface area contributed by atoms with Crippen molar-refractivity contribution in [2.45, 2.75) is 19.0 Å². The van der Waals surface area contributed by atoms with Crippen molar-refractivity contribution in [3.8, 4) is 0 Å². The molecule has 0 unspecified atom stereocenters. The summed E-state index contributed by atoms with van der Waals surface area (Å²) < 4.78 is 1.81. The van der Waals surface area contributed by atoms with Crippen LogP contribution in [0.4, 0.5) is 4.79 Å². The van der Waals surface area contributed by atoms with E-state index in [1.165, 1.54) is 12.5 Å². The predicted molar refractivity (Wildman–Crippen MR) is 72.5 cm³/mol. The number of urea groups is 1. The number of carbonyl (C=O) groups excluding carboxylic acids is 1. The van der Waals surface area contributed by atoms with Crippen molar-refractivity contribution in [2.24, 2.45) is 0 Å². The number of aliphatic carboxylic acids is 1. The van der Waals surface area contributed by atoms with Crippen molar-refractivity contribution in [1.29, 1.82) is 0 Å². The molecule has 2 aromatic rings. The first kappa shape index (κ1) is 14.6. The fourth-order valence-corrected chi connectivity index (χ4v) is 1.74. The van der Waals surface area contributed by atoms with Crippen LogP contribution < -0.4 is 10.6 Å². The van der Waals surface area contributed by atoms with Crippen LogP contribution in [0.3, 0.4) is 0 Å². The van der Waals surface area contributed by atoms with E-state index in [4.69, 9.17) is 5.11 Å². The first-order valence-corrected chi connectivity index (χ1v) is 6.35. The summed E-state index contributed by atoms with van der Waals surface area (Å²) in [4.78, 5) is 33.3.